The van der Waals surface area contributed by atoms with Gasteiger partial charge in [-0.1, -0.05) is 24.3 Å². The van der Waals surface area contributed by atoms with E-state index in [2.05, 4.69) is 17.1 Å². The van der Waals surface area contributed by atoms with E-state index in [1.54, 1.807) is 11.9 Å². The molecule has 3 heterocycles. The predicted octanol–water partition coefficient (Wildman–Crippen LogP) is 2.86. The number of carbonyl (C=O) groups is 2. The van der Waals surface area contributed by atoms with Crippen molar-refractivity contribution in [2.45, 2.75) is 19.9 Å². The van der Waals surface area contributed by atoms with Crippen LogP contribution in [-0.2, 0) is 22.6 Å². The SMILES string of the molecule is CN(C=O)CC(=O)N1CCc2c([nH]c3ccccc23)C1.Cc1ccc2c(c1)OCO2. The maximum atomic E-state index is 12.1. The number of para-hydroxylation sites is 1. The first-order valence-corrected chi connectivity index (χ1v) is 9.93. The number of aryl methyl sites for hydroxylation is 1. The number of hydrogen-bond acceptors (Lipinski definition) is 4. The number of H-pyrrole nitrogens is 1. The fourth-order valence-corrected chi connectivity index (χ4v) is 3.76. The molecular weight excluding hydrogens is 382 g/mol. The second-order valence-electron chi connectivity index (χ2n) is 7.57. The summed E-state index contributed by atoms with van der Waals surface area (Å²) in [6.07, 6.45) is 1.53. The Morgan fingerprint density at radius 2 is 2.00 bits per heavy atom. The highest BCUT2D eigenvalue weighted by Gasteiger charge is 2.24. The van der Waals surface area contributed by atoms with E-state index in [9.17, 15) is 9.59 Å². The summed E-state index contributed by atoms with van der Waals surface area (Å²) < 4.78 is 10.3. The van der Waals surface area contributed by atoms with E-state index in [1.807, 2.05) is 37.3 Å². The Labute approximate surface area is 175 Å². The Bertz CT molecular complexity index is 1080. The van der Waals surface area contributed by atoms with E-state index in [0.717, 1.165) is 29.1 Å². The van der Waals surface area contributed by atoms with E-state index in [0.29, 0.717) is 26.3 Å². The number of rotatable bonds is 3. The molecule has 5 rings (SSSR count). The number of nitrogens with one attached hydrogen (secondary N) is 1. The van der Waals surface area contributed by atoms with E-state index in [4.69, 9.17) is 9.47 Å². The van der Waals surface area contributed by atoms with Crippen molar-refractivity contribution in [3.63, 3.8) is 0 Å². The van der Waals surface area contributed by atoms with Gasteiger partial charge < -0.3 is 24.3 Å². The van der Waals surface area contributed by atoms with Crippen molar-refractivity contribution in [2.75, 3.05) is 26.9 Å². The molecule has 0 saturated carbocycles. The highest BCUT2D eigenvalue weighted by Crippen LogP contribution is 2.32. The van der Waals surface area contributed by atoms with Crippen LogP contribution in [0.15, 0.2) is 42.5 Å². The van der Waals surface area contributed by atoms with Gasteiger partial charge in [0.05, 0.1) is 13.1 Å². The largest absolute Gasteiger partial charge is 0.454 e. The number of hydrogen-bond donors (Lipinski definition) is 1. The molecule has 0 saturated heterocycles. The molecule has 3 aromatic rings. The van der Waals surface area contributed by atoms with Crippen LogP contribution >= 0.6 is 0 Å². The number of nitrogens with zero attached hydrogens (tertiary/aromatic N) is 2. The Balaban J connectivity index is 0.000000181. The molecule has 0 spiro atoms. The van der Waals surface area contributed by atoms with E-state index in [1.165, 1.54) is 21.4 Å². The van der Waals surface area contributed by atoms with Crippen molar-refractivity contribution in [3.8, 4) is 11.5 Å². The number of ether oxygens (including phenoxy) is 2. The maximum absolute atomic E-state index is 12.1. The third kappa shape index (κ3) is 4.10. The van der Waals surface area contributed by atoms with Crippen LogP contribution in [0.1, 0.15) is 16.8 Å². The van der Waals surface area contributed by atoms with Gasteiger partial charge in [0.25, 0.3) is 0 Å². The zero-order valence-corrected chi connectivity index (χ0v) is 17.2. The van der Waals surface area contributed by atoms with E-state index >= 15 is 0 Å². The van der Waals surface area contributed by atoms with Gasteiger partial charge >= 0.3 is 0 Å². The maximum Gasteiger partial charge on any atom is 0.242 e. The van der Waals surface area contributed by atoms with Crippen molar-refractivity contribution in [1.82, 2.24) is 14.8 Å². The Morgan fingerprint density at radius 1 is 1.20 bits per heavy atom. The average Bonchev–Trinajstić information content (AvgIpc) is 3.37. The molecule has 156 valence electrons. The molecule has 0 radical (unpaired) electrons. The van der Waals surface area contributed by atoms with Crippen LogP contribution in [0.4, 0.5) is 0 Å². The molecule has 2 aromatic carbocycles. The predicted molar refractivity (Wildman–Crippen MR) is 113 cm³/mol. The molecule has 0 fully saturated rings. The molecule has 1 aromatic heterocycles. The summed E-state index contributed by atoms with van der Waals surface area (Å²) in [7, 11) is 1.61. The number of aromatic amines is 1. The highest BCUT2D eigenvalue weighted by atomic mass is 16.7. The summed E-state index contributed by atoms with van der Waals surface area (Å²) in [6.45, 7) is 3.83. The number of carbonyl (C=O) groups excluding carboxylic acids is 2. The average molecular weight is 407 g/mol. The summed E-state index contributed by atoms with van der Waals surface area (Å²) in [5.41, 5.74) is 4.74. The fraction of sp³-hybridized carbons (Fsp3) is 0.304. The molecule has 0 atom stereocenters. The number of amides is 2. The Kier molecular flexibility index (Phi) is 5.61. The zero-order valence-electron chi connectivity index (χ0n) is 17.2. The third-order valence-corrected chi connectivity index (χ3v) is 5.33. The second-order valence-corrected chi connectivity index (χ2v) is 7.57. The van der Waals surface area contributed by atoms with Gasteiger partial charge in [0.1, 0.15) is 0 Å². The molecular formula is C23H25N3O4. The first kappa shape index (κ1) is 19.8. The Hall–Kier alpha value is -3.48. The number of aromatic nitrogens is 1. The lowest BCUT2D eigenvalue weighted by Crippen LogP contribution is -2.41. The van der Waals surface area contributed by atoms with Crippen LogP contribution in [0.25, 0.3) is 10.9 Å². The molecule has 2 aliphatic rings. The minimum Gasteiger partial charge on any atom is -0.454 e. The van der Waals surface area contributed by atoms with Gasteiger partial charge in [0, 0.05) is 30.2 Å². The van der Waals surface area contributed by atoms with Gasteiger partial charge in [-0.05, 0) is 42.7 Å². The first-order chi connectivity index (χ1) is 14.5. The number of likely N-dealkylation sites (N-methyl/N-ethyl adjacent to an activating group) is 1. The van der Waals surface area contributed by atoms with Gasteiger partial charge in [0.15, 0.2) is 11.5 Å². The lowest BCUT2D eigenvalue weighted by atomic mass is 10.0. The smallest absolute Gasteiger partial charge is 0.242 e. The lowest BCUT2D eigenvalue weighted by Gasteiger charge is -2.28. The summed E-state index contributed by atoms with van der Waals surface area (Å²) in [4.78, 5) is 29.3. The van der Waals surface area contributed by atoms with Crippen molar-refractivity contribution in [3.05, 3.63) is 59.3 Å². The summed E-state index contributed by atoms with van der Waals surface area (Å²) >= 11 is 0. The zero-order chi connectivity index (χ0) is 21.1. The molecule has 2 aliphatic heterocycles. The molecule has 0 bridgehead atoms. The normalized spacial score (nSPS) is 14.0. The highest BCUT2D eigenvalue weighted by molar-refractivity contribution is 5.86. The molecule has 0 unspecified atom stereocenters. The molecule has 7 nitrogen and oxygen atoms in total. The number of fused-ring (bicyclic) bond motifs is 4. The van der Waals surface area contributed by atoms with Gasteiger partial charge in [-0.3, -0.25) is 9.59 Å². The van der Waals surface area contributed by atoms with Crippen molar-refractivity contribution < 1.29 is 19.1 Å². The Morgan fingerprint density at radius 3 is 2.83 bits per heavy atom. The molecule has 2 amide bonds. The standard InChI is InChI=1S/C15H17N3O2.C8H8O2/c1-17(10-19)9-15(20)18-7-6-12-11-4-2-3-5-13(11)16-14(12)8-18;1-6-2-3-7-8(4-6)10-5-9-7/h2-5,10,16H,6-9H2,1H3;2-4H,5H2,1H3. The quantitative estimate of drug-likeness (QED) is 0.678. The molecule has 0 aliphatic carbocycles. The summed E-state index contributed by atoms with van der Waals surface area (Å²) in [5, 5.41) is 1.25. The second kappa shape index (κ2) is 8.49. The van der Waals surface area contributed by atoms with Crippen molar-refractivity contribution in [1.29, 1.82) is 0 Å². The van der Waals surface area contributed by atoms with Gasteiger partial charge in [-0.2, -0.15) is 0 Å². The van der Waals surface area contributed by atoms with Crippen LogP contribution < -0.4 is 9.47 Å². The molecule has 7 heteroatoms. The molecule has 1 N–H and O–H groups in total. The first-order valence-electron chi connectivity index (χ1n) is 9.93. The van der Waals surface area contributed by atoms with Crippen molar-refractivity contribution in [2.24, 2.45) is 0 Å². The monoisotopic (exact) mass is 407 g/mol. The van der Waals surface area contributed by atoms with Crippen LogP contribution in [0, 0.1) is 6.92 Å². The summed E-state index contributed by atoms with van der Waals surface area (Å²) in [6, 6.07) is 14.1. The number of benzene rings is 2. The van der Waals surface area contributed by atoms with Crippen molar-refractivity contribution >= 4 is 23.2 Å². The van der Waals surface area contributed by atoms with Gasteiger partial charge in [-0.25, -0.2) is 0 Å². The van der Waals surface area contributed by atoms with E-state index < -0.39 is 0 Å². The van der Waals surface area contributed by atoms with Crippen LogP contribution in [-0.4, -0.2) is 54.0 Å². The fourth-order valence-electron chi connectivity index (χ4n) is 3.76. The van der Waals surface area contributed by atoms with Crippen LogP contribution in [0.5, 0.6) is 11.5 Å². The van der Waals surface area contributed by atoms with Gasteiger partial charge in [-0.15, -0.1) is 0 Å². The van der Waals surface area contributed by atoms with E-state index in [-0.39, 0.29) is 12.5 Å². The topological polar surface area (TPSA) is 74.9 Å². The summed E-state index contributed by atoms with van der Waals surface area (Å²) in [5.74, 6) is 1.70. The van der Waals surface area contributed by atoms with Gasteiger partial charge in [0.2, 0.25) is 19.1 Å². The minimum absolute atomic E-state index is 0.0103. The lowest BCUT2D eigenvalue weighted by molar-refractivity contribution is -0.135. The van der Waals surface area contributed by atoms with Crippen LogP contribution in [0.3, 0.4) is 0 Å². The third-order valence-electron chi connectivity index (χ3n) is 5.33. The molecule has 30 heavy (non-hydrogen) atoms. The van der Waals surface area contributed by atoms with Crippen LogP contribution in [0.2, 0.25) is 0 Å². The minimum atomic E-state index is -0.0103.